The molecule has 1 N–H and O–H groups in total. The molecule has 3 nitrogen and oxygen atoms in total. The highest BCUT2D eigenvalue weighted by molar-refractivity contribution is 7.99. The average Bonchev–Trinajstić information content (AvgIpc) is 2.91. The first-order valence-electron chi connectivity index (χ1n) is 7.21. The monoisotopic (exact) mass is 289 g/mol. The van der Waals surface area contributed by atoms with Crippen molar-refractivity contribution in [2.75, 3.05) is 12.8 Å². The van der Waals surface area contributed by atoms with E-state index in [1.54, 1.807) is 0 Å². The number of aryl methyl sites for hydroxylation is 1. The molecule has 0 spiro atoms. The lowest BCUT2D eigenvalue weighted by Crippen LogP contribution is -2.22. The van der Waals surface area contributed by atoms with Gasteiger partial charge in [-0.3, -0.25) is 0 Å². The minimum atomic E-state index is 0.150. The molecule has 1 atom stereocenters. The van der Waals surface area contributed by atoms with Crippen molar-refractivity contribution < 1.29 is 0 Å². The van der Waals surface area contributed by atoms with Gasteiger partial charge in [0.05, 0.1) is 6.04 Å². The van der Waals surface area contributed by atoms with Crippen LogP contribution in [0.25, 0.3) is 0 Å². The third-order valence-electron chi connectivity index (χ3n) is 3.28. The Hall–Kier alpha value is -1.26. The maximum atomic E-state index is 4.54. The molecule has 0 aliphatic heterocycles. The molecule has 20 heavy (non-hydrogen) atoms. The maximum absolute atomic E-state index is 4.54. The average molecular weight is 289 g/mol. The molecule has 4 heteroatoms. The van der Waals surface area contributed by atoms with Crippen molar-refractivity contribution in [2.24, 2.45) is 0 Å². The van der Waals surface area contributed by atoms with Gasteiger partial charge in [0.1, 0.15) is 5.82 Å². The Bertz CT molecular complexity index is 519. The first kappa shape index (κ1) is 15.1. The topological polar surface area (TPSA) is 29.9 Å². The van der Waals surface area contributed by atoms with Gasteiger partial charge in [0, 0.05) is 23.8 Å². The zero-order valence-corrected chi connectivity index (χ0v) is 13.3. The van der Waals surface area contributed by atoms with E-state index in [-0.39, 0.29) is 6.04 Å². The van der Waals surface area contributed by atoms with E-state index in [1.807, 2.05) is 25.0 Å². The van der Waals surface area contributed by atoms with Gasteiger partial charge < -0.3 is 9.88 Å². The Balaban J connectivity index is 2.24. The summed E-state index contributed by atoms with van der Waals surface area (Å²) < 4.78 is 2.23. The fourth-order valence-corrected chi connectivity index (χ4v) is 3.04. The highest BCUT2D eigenvalue weighted by atomic mass is 32.2. The predicted molar refractivity (Wildman–Crippen MR) is 86.3 cm³/mol. The van der Waals surface area contributed by atoms with E-state index >= 15 is 0 Å². The van der Waals surface area contributed by atoms with Crippen LogP contribution in [0.4, 0.5) is 0 Å². The second-order valence-electron chi connectivity index (χ2n) is 4.70. The van der Waals surface area contributed by atoms with E-state index in [1.165, 1.54) is 10.5 Å². The molecule has 0 aliphatic carbocycles. The van der Waals surface area contributed by atoms with Gasteiger partial charge in [0.25, 0.3) is 0 Å². The highest BCUT2D eigenvalue weighted by Gasteiger charge is 2.16. The number of rotatable bonds is 7. The van der Waals surface area contributed by atoms with Gasteiger partial charge >= 0.3 is 0 Å². The van der Waals surface area contributed by atoms with Crippen LogP contribution in [0.15, 0.2) is 41.6 Å². The van der Waals surface area contributed by atoms with Crippen LogP contribution in [0.3, 0.4) is 0 Å². The lowest BCUT2D eigenvalue weighted by Gasteiger charge is -2.18. The Labute approximate surface area is 125 Å². The van der Waals surface area contributed by atoms with Crippen LogP contribution >= 0.6 is 11.8 Å². The van der Waals surface area contributed by atoms with Gasteiger partial charge in [0.15, 0.2) is 0 Å². The molecule has 1 aromatic heterocycles. The molecular weight excluding hydrogens is 266 g/mol. The summed E-state index contributed by atoms with van der Waals surface area (Å²) in [5.74, 6) is 2.20. The lowest BCUT2D eigenvalue weighted by atomic mass is 10.1. The number of hydrogen-bond donors (Lipinski definition) is 1. The Morgan fingerprint density at radius 1 is 1.25 bits per heavy atom. The Morgan fingerprint density at radius 2 is 2.00 bits per heavy atom. The van der Waals surface area contributed by atoms with Gasteiger partial charge in [-0.05, 0) is 36.9 Å². The van der Waals surface area contributed by atoms with Crippen molar-refractivity contribution in [3.8, 4) is 0 Å². The van der Waals surface area contributed by atoms with Crippen LogP contribution in [-0.4, -0.2) is 22.4 Å². The maximum Gasteiger partial charge on any atom is 0.130 e. The number of thioether (sulfide) groups is 1. The molecule has 2 rings (SSSR count). The number of nitrogens with one attached hydrogen (secondary N) is 1. The fourth-order valence-electron chi connectivity index (χ4n) is 2.38. The first-order chi connectivity index (χ1) is 9.80. The van der Waals surface area contributed by atoms with Gasteiger partial charge in [-0.15, -0.1) is 11.8 Å². The van der Waals surface area contributed by atoms with E-state index in [0.717, 1.165) is 24.5 Å². The summed E-state index contributed by atoms with van der Waals surface area (Å²) in [5, 5.41) is 3.38. The highest BCUT2D eigenvalue weighted by Crippen LogP contribution is 2.24. The van der Waals surface area contributed by atoms with Crippen molar-refractivity contribution in [3.05, 3.63) is 48.0 Å². The summed E-state index contributed by atoms with van der Waals surface area (Å²) >= 11 is 1.87. The van der Waals surface area contributed by atoms with E-state index in [2.05, 4.69) is 59.2 Å². The van der Waals surface area contributed by atoms with E-state index in [4.69, 9.17) is 0 Å². The van der Waals surface area contributed by atoms with Crippen LogP contribution in [0.1, 0.15) is 37.7 Å². The fraction of sp³-hybridized carbons (Fsp3) is 0.438. The molecule has 108 valence electrons. The summed E-state index contributed by atoms with van der Waals surface area (Å²) in [6.45, 7) is 5.38. The molecule has 1 unspecified atom stereocenters. The minimum absolute atomic E-state index is 0.150. The van der Waals surface area contributed by atoms with E-state index in [0.29, 0.717) is 0 Å². The van der Waals surface area contributed by atoms with E-state index < -0.39 is 0 Å². The van der Waals surface area contributed by atoms with Crippen LogP contribution < -0.4 is 5.32 Å². The minimum Gasteiger partial charge on any atom is -0.333 e. The number of hydrogen-bond acceptors (Lipinski definition) is 3. The number of imidazole rings is 1. The van der Waals surface area contributed by atoms with Crippen molar-refractivity contribution in [2.45, 2.75) is 37.8 Å². The summed E-state index contributed by atoms with van der Waals surface area (Å²) in [6.07, 6.45) is 5.06. The number of aromatic nitrogens is 2. The molecule has 1 heterocycles. The van der Waals surface area contributed by atoms with Crippen LogP contribution in [-0.2, 0) is 6.54 Å². The van der Waals surface area contributed by atoms with Crippen molar-refractivity contribution in [1.29, 1.82) is 0 Å². The second kappa shape index (κ2) is 7.50. The van der Waals surface area contributed by atoms with Gasteiger partial charge in [-0.25, -0.2) is 4.98 Å². The molecule has 0 radical (unpaired) electrons. The van der Waals surface area contributed by atoms with Gasteiger partial charge in [0.2, 0.25) is 0 Å². The molecule has 0 bridgehead atoms. The molecule has 0 saturated heterocycles. The quantitative estimate of drug-likeness (QED) is 0.788. The standard InChI is InChI=1S/C16H23N3S/c1-4-11-19-12-10-18-16(19)15(17-3)13-6-8-14(9-7-13)20-5-2/h6-10,12,15,17H,4-5,11H2,1-3H3. The summed E-state index contributed by atoms with van der Waals surface area (Å²) in [5.41, 5.74) is 1.26. The lowest BCUT2D eigenvalue weighted by molar-refractivity contribution is 0.568. The molecule has 0 saturated carbocycles. The molecule has 1 aromatic carbocycles. The SMILES string of the molecule is CCCn1ccnc1C(NC)c1ccc(SCC)cc1. The second-order valence-corrected chi connectivity index (χ2v) is 6.04. The third kappa shape index (κ3) is 3.44. The zero-order chi connectivity index (χ0) is 14.4. The van der Waals surface area contributed by atoms with Crippen LogP contribution in [0, 0.1) is 0 Å². The summed E-state index contributed by atoms with van der Waals surface area (Å²) in [7, 11) is 1.99. The molecular formula is C16H23N3S. The normalized spacial score (nSPS) is 12.6. The van der Waals surface area contributed by atoms with Crippen LogP contribution in [0.2, 0.25) is 0 Å². The number of nitrogens with zero attached hydrogens (tertiary/aromatic N) is 2. The molecule has 0 aliphatic rings. The summed E-state index contributed by atoms with van der Waals surface area (Å²) in [4.78, 5) is 5.86. The largest absolute Gasteiger partial charge is 0.333 e. The van der Waals surface area contributed by atoms with Gasteiger partial charge in [-0.1, -0.05) is 26.0 Å². The van der Waals surface area contributed by atoms with Gasteiger partial charge in [-0.2, -0.15) is 0 Å². The Morgan fingerprint density at radius 3 is 2.60 bits per heavy atom. The molecule has 2 aromatic rings. The van der Waals surface area contributed by atoms with Crippen molar-refractivity contribution in [1.82, 2.24) is 14.9 Å². The zero-order valence-electron chi connectivity index (χ0n) is 12.5. The Kier molecular flexibility index (Phi) is 5.68. The van der Waals surface area contributed by atoms with E-state index in [9.17, 15) is 0 Å². The smallest absolute Gasteiger partial charge is 0.130 e. The summed E-state index contributed by atoms with van der Waals surface area (Å²) in [6, 6.07) is 8.94. The molecule has 0 fully saturated rings. The van der Waals surface area contributed by atoms with Crippen LogP contribution in [0.5, 0.6) is 0 Å². The van der Waals surface area contributed by atoms with Crippen molar-refractivity contribution in [3.63, 3.8) is 0 Å². The predicted octanol–water partition coefficient (Wildman–Crippen LogP) is 3.71. The number of benzene rings is 1. The first-order valence-corrected chi connectivity index (χ1v) is 8.19. The van der Waals surface area contributed by atoms with Crippen molar-refractivity contribution >= 4 is 11.8 Å². The molecule has 0 amide bonds. The third-order valence-corrected chi connectivity index (χ3v) is 4.18.